The van der Waals surface area contributed by atoms with Crippen LogP contribution in [0.3, 0.4) is 0 Å². The molecule has 188 valence electrons. The summed E-state index contributed by atoms with van der Waals surface area (Å²) in [5.41, 5.74) is 3.55. The second kappa shape index (κ2) is 9.20. The summed E-state index contributed by atoms with van der Waals surface area (Å²) in [7, 11) is -3.66. The van der Waals surface area contributed by atoms with Crippen molar-refractivity contribution in [1.29, 1.82) is 0 Å². The first-order valence-corrected chi connectivity index (χ1v) is 14.4. The van der Waals surface area contributed by atoms with E-state index in [1.54, 1.807) is 34.6 Å². The number of sulfonamides is 1. The maximum absolute atomic E-state index is 13.6. The SMILES string of the molecule is O=S(=O)(c1cccc(Br)c1)N1CCC2=Cc3c(cnn3-c3ccc(F)cc3)CC2(COCC2CC2)C1. The highest BCUT2D eigenvalue weighted by Crippen LogP contribution is 2.46. The number of nitrogens with zero attached hydrogens (tertiary/aromatic N) is 3. The van der Waals surface area contributed by atoms with E-state index in [-0.39, 0.29) is 5.82 Å². The number of hydrogen-bond donors (Lipinski definition) is 0. The summed E-state index contributed by atoms with van der Waals surface area (Å²) in [6.45, 7) is 1.96. The van der Waals surface area contributed by atoms with Crippen molar-refractivity contribution in [3.8, 4) is 5.69 Å². The molecule has 9 heteroatoms. The largest absolute Gasteiger partial charge is 0.380 e. The zero-order chi connectivity index (χ0) is 24.9. The first kappa shape index (κ1) is 24.0. The molecule has 1 unspecified atom stereocenters. The maximum Gasteiger partial charge on any atom is 0.243 e. The molecule has 3 aromatic rings. The molecule has 3 aliphatic rings. The van der Waals surface area contributed by atoms with Crippen LogP contribution in [0.5, 0.6) is 0 Å². The molecule has 2 aliphatic carbocycles. The second-order valence-corrected chi connectivity index (χ2v) is 12.9. The molecule has 2 heterocycles. The van der Waals surface area contributed by atoms with Crippen LogP contribution in [0.15, 0.2) is 69.7 Å². The van der Waals surface area contributed by atoms with E-state index in [1.807, 2.05) is 16.9 Å². The van der Waals surface area contributed by atoms with E-state index >= 15 is 0 Å². The van der Waals surface area contributed by atoms with Crippen LogP contribution < -0.4 is 0 Å². The lowest BCUT2D eigenvalue weighted by molar-refractivity contribution is 0.0358. The average molecular weight is 572 g/mol. The van der Waals surface area contributed by atoms with Gasteiger partial charge in [0.15, 0.2) is 0 Å². The average Bonchev–Trinajstić information content (AvgIpc) is 3.61. The van der Waals surface area contributed by atoms with Gasteiger partial charge in [-0.1, -0.05) is 27.6 Å². The smallest absolute Gasteiger partial charge is 0.243 e. The van der Waals surface area contributed by atoms with Gasteiger partial charge in [-0.05, 0) is 85.7 Å². The Morgan fingerprint density at radius 2 is 1.97 bits per heavy atom. The van der Waals surface area contributed by atoms with E-state index in [2.05, 4.69) is 27.1 Å². The molecule has 36 heavy (non-hydrogen) atoms. The van der Waals surface area contributed by atoms with E-state index in [0.717, 1.165) is 28.0 Å². The van der Waals surface area contributed by atoms with E-state index < -0.39 is 15.4 Å². The lowest BCUT2D eigenvalue weighted by atomic mass is 9.69. The van der Waals surface area contributed by atoms with Crippen LogP contribution >= 0.6 is 15.9 Å². The number of benzene rings is 2. The molecule has 1 saturated heterocycles. The minimum atomic E-state index is -3.66. The minimum Gasteiger partial charge on any atom is -0.380 e. The number of fused-ring (bicyclic) bond motifs is 2. The highest BCUT2D eigenvalue weighted by Gasteiger charge is 2.46. The fraction of sp³-hybridized carbons (Fsp3) is 0.370. The molecule has 2 aromatic carbocycles. The predicted octanol–water partition coefficient (Wildman–Crippen LogP) is 5.22. The first-order chi connectivity index (χ1) is 17.3. The summed E-state index contributed by atoms with van der Waals surface area (Å²) in [6, 6.07) is 13.2. The fourth-order valence-electron chi connectivity index (χ4n) is 5.30. The van der Waals surface area contributed by atoms with E-state index in [4.69, 9.17) is 4.74 Å². The number of rotatable bonds is 7. The van der Waals surface area contributed by atoms with Gasteiger partial charge in [0, 0.05) is 29.6 Å². The normalized spacial score (nSPS) is 22.1. The monoisotopic (exact) mass is 571 g/mol. The van der Waals surface area contributed by atoms with Crippen molar-refractivity contribution >= 4 is 32.0 Å². The van der Waals surface area contributed by atoms with E-state index in [1.165, 1.54) is 30.5 Å². The molecular weight excluding hydrogens is 545 g/mol. The van der Waals surface area contributed by atoms with Gasteiger partial charge < -0.3 is 4.74 Å². The van der Waals surface area contributed by atoms with Crippen molar-refractivity contribution in [3.05, 3.63) is 81.8 Å². The van der Waals surface area contributed by atoms with Crippen molar-refractivity contribution in [2.45, 2.75) is 30.6 Å². The molecule has 1 saturated carbocycles. The zero-order valence-corrected chi connectivity index (χ0v) is 22.1. The molecule has 1 aromatic heterocycles. The number of aromatic nitrogens is 2. The van der Waals surface area contributed by atoms with Crippen molar-refractivity contribution < 1.29 is 17.5 Å². The molecule has 0 amide bonds. The fourth-order valence-corrected chi connectivity index (χ4v) is 7.42. The Morgan fingerprint density at radius 3 is 2.72 bits per heavy atom. The van der Waals surface area contributed by atoms with Gasteiger partial charge in [-0.2, -0.15) is 9.40 Å². The molecule has 1 aliphatic heterocycles. The summed E-state index contributed by atoms with van der Waals surface area (Å²) in [5.74, 6) is 0.336. The van der Waals surface area contributed by atoms with Gasteiger partial charge in [-0.15, -0.1) is 0 Å². The van der Waals surface area contributed by atoms with Gasteiger partial charge in [0.05, 0.1) is 29.1 Å². The Bertz CT molecular complexity index is 1430. The molecule has 0 spiro atoms. The molecule has 0 N–H and O–H groups in total. The molecule has 1 atom stereocenters. The van der Waals surface area contributed by atoms with Crippen LogP contribution in [0.2, 0.25) is 0 Å². The number of piperidine rings is 1. The lowest BCUT2D eigenvalue weighted by Crippen LogP contribution is -2.51. The van der Waals surface area contributed by atoms with Crippen LogP contribution in [0.25, 0.3) is 11.8 Å². The van der Waals surface area contributed by atoms with Gasteiger partial charge in [-0.3, -0.25) is 0 Å². The summed E-state index contributed by atoms with van der Waals surface area (Å²) in [4.78, 5) is 0.291. The molecule has 2 fully saturated rings. The quantitative estimate of drug-likeness (QED) is 0.390. The molecular formula is C27H27BrFN3O3S. The summed E-state index contributed by atoms with van der Waals surface area (Å²) < 4.78 is 51.1. The summed E-state index contributed by atoms with van der Waals surface area (Å²) >= 11 is 3.40. The van der Waals surface area contributed by atoms with Gasteiger partial charge >= 0.3 is 0 Å². The Hall–Kier alpha value is -2.33. The molecule has 0 radical (unpaired) electrons. The maximum atomic E-state index is 13.6. The Morgan fingerprint density at radius 1 is 1.17 bits per heavy atom. The highest BCUT2D eigenvalue weighted by atomic mass is 79.9. The van der Waals surface area contributed by atoms with Crippen molar-refractivity contribution in [3.63, 3.8) is 0 Å². The summed E-state index contributed by atoms with van der Waals surface area (Å²) in [5, 5.41) is 4.60. The third kappa shape index (κ3) is 4.47. The van der Waals surface area contributed by atoms with Crippen LogP contribution in [-0.4, -0.2) is 48.8 Å². The Labute approximate surface area is 218 Å². The van der Waals surface area contributed by atoms with Crippen molar-refractivity contribution in [2.24, 2.45) is 11.3 Å². The lowest BCUT2D eigenvalue weighted by Gasteiger charge is -2.46. The second-order valence-electron chi connectivity index (χ2n) is 10.1. The van der Waals surface area contributed by atoms with Crippen LogP contribution in [0.1, 0.15) is 30.5 Å². The number of halogens is 2. The zero-order valence-electron chi connectivity index (χ0n) is 19.7. The first-order valence-electron chi connectivity index (χ1n) is 12.2. The Kier molecular flexibility index (Phi) is 6.14. The van der Waals surface area contributed by atoms with Gasteiger partial charge in [-0.25, -0.2) is 17.5 Å². The minimum absolute atomic E-state index is 0.288. The van der Waals surface area contributed by atoms with Crippen LogP contribution in [0.4, 0.5) is 4.39 Å². The molecule has 6 nitrogen and oxygen atoms in total. The van der Waals surface area contributed by atoms with E-state index in [0.29, 0.717) is 43.4 Å². The topological polar surface area (TPSA) is 64.4 Å². The van der Waals surface area contributed by atoms with E-state index in [9.17, 15) is 12.8 Å². The highest BCUT2D eigenvalue weighted by molar-refractivity contribution is 9.10. The van der Waals surface area contributed by atoms with Crippen molar-refractivity contribution in [2.75, 3.05) is 26.3 Å². The van der Waals surface area contributed by atoms with Gasteiger partial charge in [0.2, 0.25) is 10.0 Å². The van der Waals surface area contributed by atoms with Gasteiger partial charge in [0.1, 0.15) is 5.82 Å². The number of ether oxygens (including phenoxy) is 1. The van der Waals surface area contributed by atoms with Crippen molar-refractivity contribution in [1.82, 2.24) is 14.1 Å². The van der Waals surface area contributed by atoms with Gasteiger partial charge in [0.25, 0.3) is 0 Å². The Balaban J connectivity index is 1.34. The molecule has 6 rings (SSSR count). The summed E-state index contributed by atoms with van der Waals surface area (Å²) in [6.07, 6.45) is 7.66. The third-order valence-electron chi connectivity index (χ3n) is 7.45. The third-order valence-corrected chi connectivity index (χ3v) is 9.79. The van der Waals surface area contributed by atoms with Crippen LogP contribution in [-0.2, 0) is 21.2 Å². The molecule has 0 bridgehead atoms. The number of hydrogen-bond acceptors (Lipinski definition) is 4. The van der Waals surface area contributed by atoms with Crippen LogP contribution in [0, 0.1) is 17.2 Å². The standard InChI is InChI=1S/C27H27BrFN3O3S/c28-22-2-1-3-25(13-22)36(33,34)31-11-10-21-12-26-20(14-27(21,17-31)18-35-16-19-4-5-19)15-30-32(26)24-8-6-23(29)7-9-24/h1-3,6-9,12-13,15,19H,4-5,10-11,14,16-18H2. The predicted molar refractivity (Wildman–Crippen MR) is 139 cm³/mol.